The molecule has 4 heteroatoms. The molecule has 0 spiro atoms. The van der Waals surface area contributed by atoms with Gasteiger partial charge in [0, 0.05) is 31.3 Å². The highest BCUT2D eigenvalue weighted by molar-refractivity contribution is 7.26. The zero-order valence-electron chi connectivity index (χ0n) is 15.9. The van der Waals surface area contributed by atoms with Crippen molar-refractivity contribution >= 4 is 31.5 Å². The first-order valence-electron chi connectivity index (χ1n) is 9.77. The van der Waals surface area contributed by atoms with Crippen LogP contribution < -0.4 is 0 Å². The Bertz CT molecular complexity index is 1480. The molecule has 0 fully saturated rings. The summed E-state index contributed by atoms with van der Waals surface area (Å²) in [5, 5.41) is 11.0. The maximum absolute atomic E-state index is 5.89. The third-order valence-corrected chi connectivity index (χ3v) is 6.51. The van der Waals surface area contributed by atoms with E-state index in [0.29, 0.717) is 11.8 Å². The number of aromatic nitrogens is 2. The predicted octanol–water partition coefficient (Wildman–Crippen LogP) is 7.44. The molecule has 142 valence electrons. The van der Waals surface area contributed by atoms with Crippen LogP contribution in [0.5, 0.6) is 0 Å². The van der Waals surface area contributed by atoms with E-state index >= 15 is 0 Å². The van der Waals surface area contributed by atoms with Crippen LogP contribution >= 0.6 is 11.3 Å². The van der Waals surface area contributed by atoms with Crippen LogP contribution in [0, 0.1) is 0 Å². The van der Waals surface area contributed by atoms with Crippen LogP contribution in [-0.4, -0.2) is 10.2 Å². The summed E-state index contributed by atoms with van der Waals surface area (Å²) in [6.07, 6.45) is 0. The highest BCUT2D eigenvalue weighted by Gasteiger charge is 2.12. The molecule has 0 radical (unpaired) electrons. The quantitative estimate of drug-likeness (QED) is 0.308. The van der Waals surface area contributed by atoms with E-state index in [1.807, 2.05) is 53.8 Å². The minimum absolute atomic E-state index is 0.528. The van der Waals surface area contributed by atoms with Gasteiger partial charge >= 0.3 is 0 Å². The average molecular weight is 404 g/mol. The zero-order chi connectivity index (χ0) is 19.9. The summed E-state index contributed by atoms with van der Waals surface area (Å²) in [7, 11) is 0. The largest absolute Gasteiger partial charge is 0.416 e. The molecule has 2 aromatic heterocycles. The molecule has 0 amide bonds. The van der Waals surface area contributed by atoms with Crippen LogP contribution in [0.15, 0.2) is 101 Å². The lowest BCUT2D eigenvalue weighted by molar-refractivity contribution is 0.584. The molecule has 30 heavy (non-hydrogen) atoms. The van der Waals surface area contributed by atoms with Crippen LogP contribution in [0.3, 0.4) is 0 Å². The Labute approximate surface area is 177 Å². The molecular weight excluding hydrogens is 388 g/mol. The Hall–Kier alpha value is -3.76. The molecule has 0 aliphatic carbocycles. The van der Waals surface area contributed by atoms with Crippen molar-refractivity contribution in [3.8, 4) is 34.0 Å². The first-order chi connectivity index (χ1) is 14.9. The minimum atomic E-state index is 0.528. The van der Waals surface area contributed by atoms with E-state index < -0.39 is 0 Å². The summed E-state index contributed by atoms with van der Waals surface area (Å²) in [6.45, 7) is 0. The second-order valence-electron chi connectivity index (χ2n) is 7.14. The van der Waals surface area contributed by atoms with E-state index in [1.165, 1.54) is 31.3 Å². The van der Waals surface area contributed by atoms with Gasteiger partial charge in [-0.05, 0) is 41.5 Å². The van der Waals surface area contributed by atoms with Crippen LogP contribution in [0.4, 0.5) is 0 Å². The number of hydrogen-bond acceptors (Lipinski definition) is 4. The lowest BCUT2D eigenvalue weighted by atomic mass is 10.0. The number of nitrogens with zero attached hydrogens (tertiary/aromatic N) is 2. The van der Waals surface area contributed by atoms with E-state index in [1.54, 1.807) is 0 Å². The van der Waals surface area contributed by atoms with Gasteiger partial charge in [-0.2, -0.15) is 0 Å². The molecular formula is C26H16N2OS. The SMILES string of the molecule is c1ccc(-c2nnc(-c3ccc(-c4cccc5c4sc4ccccc45)cc3)o2)cc1. The highest BCUT2D eigenvalue weighted by atomic mass is 32.1. The molecule has 0 saturated heterocycles. The number of fused-ring (bicyclic) bond motifs is 3. The van der Waals surface area contributed by atoms with Crippen molar-refractivity contribution in [2.75, 3.05) is 0 Å². The van der Waals surface area contributed by atoms with Gasteiger partial charge in [0.15, 0.2) is 0 Å². The Kier molecular flexibility index (Phi) is 3.96. The molecule has 6 rings (SSSR count). The second-order valence-corrected chi connectivity index (χ2v) is 8.19. The molecule has 0 bridgehead atoms. The Morgan fingerprint density at radius 2 is 1.17 bits per heavy atom. The third kappa shape index (κ3) is 2.81. The van der Waals surface area contributed by atoms with Crippen LogP contribution in [0.1, 0.15) is 0 Å². The van der Waals surface area contributed by atoms with Crippen molar-refractivity contribution in [2.24, 2.45) is 0 Å². The highest BCUT2D eigenvalue weighted by Crippen LogP contribution is 2.40. The Balaban J connectivity index is 1.39. The third-order valence-electron chi connectivity index (χ3n) is 5.29. The fourth-order valence-corrected chi connectivity index (χ4v) is 5.04. The van der Waals surface area contributed by atoms with Gasteiger partial charge in [-0.1, -0.05) is 66.7 Å². The monoisotopic (exact) mass is 404 g/mol. The van der Waals surface area contributed by atoms with Crippen molar-refractivity contribution in [2.45, 2.75) is 0 Å². The summed E-state index contributed by atoms with van der Waals surface area (Å²) in [6, 6.07) is 33.3. The lowest BCUT2D eigenvalue weighted by Gasteiger charge is -2.04. The van der Waals surface area contributed by atoms with Crippen molar-refractivity contribution in [1.29, 1.82) is 0 Å². The molecule has 0 N–H and O–H groups in total. The van der Waals surface area contributed by atoms with Crippen LogP contribution in [-0.2, 0) is 0 Å². The van der Waals surface area contributed by atoms with Gasteiger partial charge in [0.05, 0.1) is 0 Å². The molecule has 0 aliphatic rings. The molecule has 0 aliphatic heterocycles. The zero-order valence-corrected chi connectivity index (χ0v) is 16.8. The fourth-order valence-electron chi connectivity index (χ4n) is 3.80. The van der Waals surface area contributed by atoms with E-state index in [-0.39, 0.29) is 0 Å². The summed E-state index contributed by atoms with van der Waals surface area (Å²) >= 11 is 1.84. The van der Waals surface area contributed by atoms with Gasteiger partial charge in [0.2, 0.25) is 11.8 Å². The number of hydrogen-bond donors (Lipinski definition) is 0. The molecule has 0 saturated carbocycles. The summed E-state index contributed by atoms with van der Waals surface area (Å²) in [5.41, 5.74) is 4.26. The molecule has 0 unspecified atom stereocenters. The molecule has 4 aromatic carbocycles. The number of rotatable bonds is 3. The summed E-state index contributed by atoms with van der Waals surface area (Å²) < 4.78 is 8.52. The second kappa shape index (κ2) is 6.94. The van der Waals surface area contributed by atoms with Crippen molar-refractivity contribution in [1.82, 2.24) is 10.2 Å². The van der Waals surface area contributed by atoms with Gasteiger partial charge in [-0.3, -0.25) is 0 Å². The standard InChI is InChI=1S/C26H16N2OS/c1-2-7-18(8-3-1)25-27-28-26(29-25)19-15-13-17(14-16-19)20-10-6-11-22-21-9-4-5-12-23(21)30-24(20)22/h1-16H. The van der Waals surface area contributed by atoms with Gasteiger partial charge in [0.25, 0.3) is 0 Å². The van der Waals surface area contributed by atoms with Gasteiger partial charge in [0.1, 0.15) is 0 Å². The number of thiophene rings is 1. The van der Waals surface area contributed by atoms with E-state index in [9.17, 15) is 0 Å². The molecule has 2 heterocycles. The Morgan fingerprint density at radius 3 is 1.97 bits per heavy atom. The maximum atomic E-state index is 5.89. The minimum Gasteiger partial charge on any atom is -0.416 e. The maximum Gasteiger partial charge on any atom is 0.248 e. The topological polar surface area (TPSA) is 38.9 Å². The van der Waals surface area contributed by atoms with Gasteiger partial charge in [-0.25, -0.2) is 0 Å². The van der Waals surface area contributed by atoms with E-state index in [4.69, 9.17) is 4.42 Å². The van der Waals surface area contributed by atoms with Crippen LogP contribution in [0.25, 0.3) is 54.2 Å². The lowest BCUT2D eigenvalue weighted by Crippen LogP contribution is -1.81. The molecule has 6 aromatic rings. The first-order valence-corrected chi connectivity index (χ1v) is 10.6. The average Bonchev–Trinajstić information content (AvgIpc) is 3.45. The smallest absolute Gasteiger partial charge is 0.248 e. The molecule has 0 atom stereocenters. The van der Waals surface area contributed by atoms with E-state index in [2.05, 4.69) is 64.8 Å². The van der Waals surface area contributed by atoms with Crippen molar-refractivity contribution in [3.05, 3.63) is 97.1 Å². The fraction of sp³-hybridized carbons (Fsp3) is 0. The predicted molar refractivity (Wildman–Crippen MR) is 123 cm³/mol. The summed E-state index contributed by atoms with van der Waals surface area (Å²) in [4.78, 5) is 0. The van der Waals surface area contributed by atoms with E-state index in [0.717, 1.165) is 11.1 Å². The van der Waals surface area contributed by atoms with Gasteiger partial charge < -0.3 is 4.42 Å². The van der Waals surface area contributed by atoms with Crippen LogP contribution in [0.2, 0.25) is 0 Å². The normalized spacial score (nSPS) is 11.3. The molecule has 3 nitrogen and oxygen atoms in total. The first kappa shape index (κ1) is 17.1. The van der Waals surface area contributed by atoms with Gasteiger partial charge in [-0.15, -0.1) is 21.5 Å². The van der Waals surface area contributed by atoms with Crippen molar-refractivity contribution in [3.63, 3.8) is 0 Å². The Morgan fingerprint density at radius 1 is 0.533 bits per heavy atom. The summed E-state index contributed by atoms with van der Waals surface area (Å²) in [5.74, 6) is 1.06. The van der Waals surface area contributed by atoms with Crippen molar-refractivity contribution < 1.29 is 4.42 Å². The number of benzene rings is 4.